The number of aromatic nitrogens is 4. The van der Waals surface area contributed by atoms with E-state index in [-0.39, 0.29) is 19.5 Å². The Morgan fingerprint density at radius 2 is 0.960 bits per heavy atom. The Kier molecular flexibility index (Phi) is 10.5. The van der Waals surface area contributed by atoms with Gasteiger partial charge in [0.2, 0.25) is 0 Å². The molecule has 242 valence electrons. The van der Waals surface area contributed by atoms with Crippen molar-refractivity contribution in [2.24, 2.45) is 0 Å². The first kappa shape index (κ1) is 33.9. The number of benzene rings is 4. The number of anilines is 2. The number of hydrogen-bond donors (Lipinski definition) is 2. The molecule has 4 heterocycles. The van der Waals surface area contributed by atoms with Gasteiger partial charge in [-0.25, -0.2) is 9.97 Å². The molecule has 0 saturated heterocycles. The van der Waals surface area contributed by atoms with Crippen molar-refractivity contribution in [2.45, 2.75) is 6.92 Å². The zero-order valence-corrected chi connectivity index (χ0v) is 28.9. The summed E-state index contributed by atoms with van der Waals surface area (Å²) in [5.41, 5.74) is 6.41. The number of fused-ring (bicyclic) bond motifs is 8. The molecule has 0 bridgehead atoms. The maximum Gasteiger partial charge on any atom is 3.00 e. The summed E-state index contributed by atoms with van der Waals surface area (Å²) in [5.74, 6) is 1.86. The number of rotatable bonds is 3. The molecule has 0 amide bonds. The third kappa shape index (κ3) is 6.79. The molecule has 0 radical (unpaired) electrons. The number of pyridine rings is 4. The largest absolute Gasteiger partial charge is 3.00 e. The van der Waals surface area contributed by atoms with E-state index in [4.69, 9.17) is 10.8 Å². The zero-order chi connectivity index (χ0) is 33.6. The van der Waals surface area contributed by atoms with Crippen LogP contribution in [0.1, 0.15) is 18.1 Å². The molecule has 7 nitrogen and oxygen atoms in total. The van der Waals surface area contributed by atoms with Gasteiger partial charge in [0, 0.05) is 53.2 Å². The van der Waals surface area contributed by atoms with E-state index >= 15 is 0 Å². The molecule has 0 saturated carbocycles. The molecule has 4 aromatic carbocycles. The van der Waals surface area contributed by atoms with Gasteiger partial charge in [0.15, 0.2) is 0 Å². The Bertz CT molecular complexity index is 2340. The second-order valence-corrected chi connectivity index (χ2v) is 11.3. The van der Waals surface area contributed by atoms with E-state index in [0.717, 1.165) is 73.0 Å². The predicted molar refractivity (Wildman–Crippen MR) is 201 cm³/mol. The van der Waals surface area contributed by atoms with E-state index in [2.05, 4.69) is 68.2 Å². The summed E-state index contributed by atoms with van der Waals surface area (Å²) in [7, 11) is 0. The summed E-state index contributed by atoms with van der Waals surface area (Å²) in [5, 5.41) is 21.1. The van der Waals surface area contributed by atoms with Crippen LogP contribution in [0.5, 0.6) is 0 Å². The normalized spacial score (nSPS) is 11.3. The van der Waals surface area contributed by atoms with Gasteiger partial charge in [-0.2, -0.15) is 0 Å². The van der Waals surface area contributed by atoms with E-state index in [1.54, 1.807) is 24.8 Å². The molecular formula is C42H33N7Rh+3. The first-order valence-electron chi connectivity index (χ1n) is 16.1. The SMILES string of the molecule is CCN(c1ccccn1)c1ccccn1.N=C1C(=N)c2c(ccc3ccccc23)-c2ccccc21.[Rh+3].c1cnc2c(c1)ccc1cccnc12. The van der Waals surface area contributed by atoms with Gasteiger partial charge in [-0.05, 0) is 65.2 Å². The summed E-state index contributed by atoms with van der Waals surface area (Å²) in [6, 6.07) is 44.0. The molecule has 0 unspecified atom stereocenters. The second kappa shape index (κ2) is 15.5. The Morgan fingerprint density at radius 1 is 0.460 bits per heavy atom. The average molecular weight is 739 g/mol. The van der Waals surface area contributed by atoms with Crippen LogP contribution in [0.2, 0.25) is 0 Å². The molecule has 9 rings (SSSR count). The fraction of sp³-hybridized carbons (Fsp3) is 0.0476. The Balaban J connectivity index is 0.000000131. The standard InChI is InChI=1S/C18H12N2.C12H13N3.C12H8N2.Rh/c19-17-15-8-4-3-7-13(15)14-10-9-11-5-1-2-6-12(11)16(14)18(17)20;1-2-15(11-7-3-5-9-13-11)12-8-4-6-10-14-12;1-3-9-5-6-10-4-2-8-14-12(10)11(9)13-7-1;/h1-10,19-20H;3-10H,2H2,1H3;1-8H;/q;;;+3. The molecule has 2 N–H and O–H groups in total. The van der Waals surface area contributed by atoms with Crippen LogP contribution in [0, 0.1) is 10.8 Å². The third-order valence-corrected chi connectivity index (χ3v) is 8.43. The van der Waals surface area contributed by atoms with Crippen LogP contribution in [0.25, 0.3) is 43.7 Å². The maximum absolute atomic E-state index is 8.36. The van der Waals surface area contributed by atoms with Crippen LogP contribution in [0.4, 0.5) is 11.6 Å². The van der Waals surface area contributed by atoms with Gasteiger partial charge in [-0.15, -0.1) is 0 Å². The molecule has 0 spiro atoms. The molecule has 50 heavy (non-hydrogen) atoms. The number of hydrogen-bond acceptors (Lipinski definition) is 7. The molecule has 1 aliphatic rings. The van der Waals surface area contributed by atoms with Crippen molar-refractivity contribution >= 4 is 55.6 Å². The van der Waals surface area contributed by atoms with E-state index in [1.165, 1.54) is 0 Å². The smallest absolute Gasteiger partial charge is 0.311 e. The third-order valence-electron chi connectivity index (χ3n) is 8.43. The topological polar surface area (TPSA) is 102 Å². The van der Waals surface area contributed by atoms with E-state index in [0.29, 0.717) is 11.4 Å². The Morgan fingerprint density at radius 3 is 1.54 bits per heavy atom. The van der Waals surface area contributed by atoms with Crippen molar-refractivity contribution in [1.82, 2.24) is 19.9 Å². The summed E-state index contributed by atoms with van der Waals surface area (Å²) in [6.45, 7) is 2.94. The maximum atomic E-state index is 8.36. The van der Waals surface area contributed by atoms with E-state index < -0.39 is 0 Å². The average Bonchev–Trinajstić information content (AvgIpc) is 3.18. The zero-order valence-electron chi connectivity index (χ0n) is 27.3. The van der Waals surface area contributed by atoms with Crippen molar-refractivity contribution in [3.05, 3.63) is 169 Å². The summed E-state index contributed by atoms with van der Waals surface area (Å²) >= 11 is 0. The quantitative estimate of drug-likeness (QED) is 0.139. The molecule has 8 aromatic rings. The summed E-state index contributed by atoms with van der Waals surface area (Å²) in [6.07, 6.45) is 7.19. The van der Waals surface area contributed by atoms with Crippen molar-refractivity contribution < 1.29 is 19.5 Å². The van der Waals surface area contributed by atoms with Gasteiger partial charge in [0.05, 0.1) is 22.5 Å². The van der Waals surface area contributed by atoms with Gasteiger partial charge in [0.25, 0.3) is 0 Å². The fourth-order valence-corrected chi connectivity index (χ4v) is 6.11. The fourth-order valence-electron chi connectivity index (χ4n) is 6.11. The van der Waals surface area contributed by atoms with Crippen molar-refractivity contribution in [3.8, 4) is 11.1 Å². The van der Waals surface area contributed by atoms with Crippen LogP contribution in [-0.2, 0) is 19.5 Å². The minimum absolute atomic E-state index is 0. The Labute approximate surface area is 303 Å². The summed E-state index contributed by atoms with van der Waals surface area (Å²) < 4.78 is 0. The first-order valence-corrected chi connectivity index (χ1v) is 16.1. The van der Waals surface area contributed by atoms with Crippen molar-refractivity contribution in [2.75, 3.05) is 11.4 Å². The molecule has 4 aromatic heterocycles. The molecule has 0 aliphatic heterocycles. The predicted octanol–water partition coefficient (Wildman–Crippen LogP) is 9.67. The molecular weight excluding hydrogens is 705 g/mol. The molecule has 8 heteroatoms. The van der Waals surface area contributed by atoms with Crippen LogP contribution in [0.3, 0.4) is 0 Å². The second-order valence-electron chi connectivity index (χ2n) is 11.3. The molecule has 0 atom stereocenters. The van der Waals surface area contributed by atoms with Gasteiger partial charge in [-0.1, -0.05) is 97.1 Å². The molecule has 1 aliphatic carbocycles. The monoisotopic (exact) mass is 738 g/mol. The van der Waals surface area contributed by atoms with Gasteiger partial charge < -0.3 is 4.90 Å². The van der Waals surface area contributed by atoms with E-state index in [1.807, 2.05) is 97.1 Å². The van der Waals surface area contributed by atoms with Crippen molar-refractivity contribution in [3.63, 3.8) is 0 Å². The van der Waals surface area contributed by atoms with Crippen LogP contribution in [-0.4, -0.2) is 37.9 Å². The van der Waals surface area contributed by atoms with E-state index in [9.17, 15) is 0 Å². The minimum Gasteiger partial charge on any atom is -0.311 e. The van der Waals surface area contributed by atoms with Crippen molar-refractivity contribution in [1.29, 1.82) is 10.8 Å². The number of nitrogens with one attached hydrogen (secondary N) is 2. The number of nitrogens with zero attached hydrogens (tertiary/aromatic N) is 5. The van der Waals surface area contributed by atoms with Gasteiger partial charge in [-0.3, -0.25) is 20.8 Å². The first-order chi connectivity index (χ1) is 24.1. The Hall–Kier alpha value is -5.98. The summed E-state index contributed by atoms with van der Waals surface area (Å²) in [4.78, 5) is 19.4. The van der Waals surface area contributed by atoms with Crippen LogP contribution in [0.15, 0.2) is 158 Å². The van der Waals surface area contributed by atoms with Gasteiger partial charge >= 0.3 is 19.5 Å². The molecule has 0 fully saturated rings. The van der Waals surface area contributed by atoms with Crippen LogP contribution < -0.4 is 4.90 Å². The van der Waals surface area contributed by atoms with Crippen LogP contribution >= 0.6 is 0 Å². The van der Waals surface area contributed by atoms with Gasteiger partial charge in [0.1, 0.15) is 11.6 Å². The minimum atomic E-state index is 0.